The van der Waals surface area contributed by atoms with E-state index in [0.29, 0.717) is 6.42 Å². The lowest BCUT2D eigenvalue weighted by Gasteiger charge is -2.24. The number of carbonyl (C=O) groups is 3. The molecular formula is C12H16F3NO5. The molecular weight excluding hydrogens is 295 g/mol. The summed E-state index contributed by atoms with van der Waals surface area (Å²) in [5.74, 6) is -6.36. The molecule has 1 saturated heterocycles. The summed E-state index contributed by atoms with van der Waals surface area (Å²) in [5, 5.41) is 8.91. The minimum Gasteiger partial charge on any atom is -0.480 e. The number of carboxylic acid groups (broad SMARTS) is 1. The fraction of sp³-hybridized carbons (Fsp3) is 0.750. The Morgan fingerprint density at radius 1 is 1.38 bits per heavy atom. The lowest BCUT2D eigenvalue weighted by Crippen LogP contribution is -2.44. The molecule has 1 unspecified atom stereocenters. The molecule has 1 amide bonds. The van der Waals surface area contributed by atoms with E-state index in [1.54, 1.807) is 0 Å². The van der Waals surface area contributed by atoms with Crippen molar-refractivity contribution in [2.24, 2.45) is 5.92 Å². The average molecular weight is 311 g/mol. The third-order valence-electron chi connectivity index (χ3n) is 3.20. The van der Waals surface area contributed by atoms with E-state index in [-0.39, 0.29) is 19.6 Å². The third-order valence-corrected chi connectivity index (χ3v) is 3.20. The number of esters is 1. The fourth-order valence-electron chi connectivity index (χ4n) is 2.19. The molecule has 0 aromatic carbocycles. The maximum Gasteiger partial charge on any atom is 0.402 e. The Kier molecular flexibility index (Phi) is 5.56. The van der Waals surface area contributed by atoms with Crippen LogP contribution in [0.1, 0.15) is 26.2 Å². The van der Waals surface area contributed by atoms with Crippen molar-refractivity contribution in [2.75, 3.05) is 13.2 Å². The summed E-state index contributed by atoms with van der Waals surface area (Å²) in [7, 11) is 0. The first-order valence-electron chi connectivity index (χ1n) is 6.44. The first kappa shape index (κ1) is 17.3. The van der Waals surface area contributed by atoms with E-state index in [2.05, 4.69) is 4.74 Å². The van der Waals surface area contributed by atoms with Gasteiger partial charge in [0.25, 0.3) is 0 Å². The minimum atomic E-state index is -4.92. The number of nitrogens with zero attached hydrogens (tertiary/aromatic N) is 1. The van der Waals surface area contributed by atoms with E-state index in [9.17, 15) is 27.6 Å². The average Bonchev–Trinajstić information content (AvgIpc) is 2.83. The van der Waals surface area contributed by atoms with Gasteiger partial charge in [0.2, 0.25) is 5.91 Å². The highest BCUT2D eigenvalue weighted by molar-refractivity contribution is 5.87. The predicted molar refractivity (Wildman–Crippen MR) is 63.2 cm³/mol. The van der Waals surface area contributed by atoms with Gasteiger partial charge in [-0.15, -0.1) is 0 Å². The Hall–Kier alpha value is -1.80. The van der Waals surface area contributed by atoms with Gasteiger partial charge in [-0.3, -0.25) is 9.59 Å². The summed E-state index contributed by atoms with van der Waals surface area (Å²) in [5.41, 5.74) is 0. The van der Waals surface area contributed by atoms with E-state index in [4.69, 9.17) is 5.11 Å². The van der Waals surface area contributed by atoms with Crippen molar-refractivity contribution in [3.05, 3.63) is 0 Å². The molecule has 1 aliphatic rings. The first-order chi connectivity index (χ1) is 9.68. The molecule has 0 radical (unpaired) electrons. The molecule has 0 bridgehead atoms. The second kappa shape index (κ2) is 6.77. The Balaban J connectivity index is 2.81. The maximum absolute atomic E-state index is 12.8. The van der Waals surface area contributed by atoms with Gasteiger partial charge < -0.3 is 14.7 Å². The Bertz CT molecular complexity index is 424. The zero-order chi connectivity index (χ0) is 16.2. The second-order valence-electron chi connectivity index (χ2n) is 4.63. The van der Waals surface area contributed by atoms with Crippen molar-refractivity contribution in [1.29, 1.82) is 0 Å². The van der Waals surface area contributed by atoms with Crippen LogP contribution in [-0.2, 0) is 19.1 Å². The molecule has 0 saturated carbocycles. The molecule has 120 valence electrons. The van der Waals surface area contributed by atoms with Crippen molar-refractivity contribution < 1.29 is 37.4 Å². The highest BCUT2D eigenvalue weighted by Gasteiger charge is 2.48. The summed E-state index contributed by atoms with van der Waals surface area (Å²) in [6, 6.07) is -1.13. The van der Waals surface area contributed by atoms with Gasteiger partial charge in [-0.2, -0.15) is 13.2 Å². The molecule has 1 fully saturated rings. The van der Waals surface area contributed by atoms with Crippen LogP contribution in [0.4, 0.5) is 13.2 Å². The number of alkyl halides is 3. The van der Waals surface area contributed by atoms with E-state index >= 15 is 0 Å². The summed E-state index contributed by atoms with van der Waals surface area (Å²) >= 11 is 0. The second-order valence-corrected chi connectivity index (χ2v) is 4.63. The number of ether oxygens (including phenoxy) is 1. The Morgan fingerprint density at radius 3 is 2.48 bits per heavy atom. The number of aliphatic carboxylic acids is 1. The number of likely N-dealkylation sites (tertiary alicyclic amines) is 1. The van der Waals surface area contributed by atoms with Crippen molar-refractivity contribution in [3.63, 3.8) is 0 Å². The van der Waals surface area contributed by atoms with Gasteiger partial charge in [-0.05, 0) is 19.8 Å². The fourth-order valence-corrected chi connectivity index (χ4v) is 2.19. The van der Waals surface area contributed by atoms with E-state index in [1.165, 1.54) is 6.92 Å². The number of carboxylic acids is 1. The molecule has 0 spiro atoms. The SMILES string of the molecule is CCOC(=O)C(CC(=O)N1CCC[C@H]1C(=O)O)C(F)(F)F. The summed E-state index contributed by atoms with van der Waals surface area (Å²) < 4.78 is 42.7. The van der Waals surface area contributed by atoms with Gasteiger partial charge in [0.05, 0.1) is 6.61 Å². The van der Waals surface area contributed by atoms with Crippen LogP contribution in [0, 0.1) is 5.92 Å². The van der Waals surface area contributed by atoms with Crippen LogP contribution in [0.25, 0.3) is 0 Å². The molecule has 1 N–H and O–H groups in total. The summed E-state index contributed by atoms with van der Waals surface area (Å²) in [6.07, 6.45) is -5.46. The number of carbonyl (C=O) groups excluding carboxylic acids is 2. The topological polar surface area (TPSA) is 83.9 Å². The van der Waals surface area contributed by atoms with Crippen LogP contribution < -0.4 is 0 Å². The zero-order valence-corrected chi connectivity index (χ0v) is 11.4. The van der Waals surface area contributed by atoms with E-state index < -0.39 is 42.4 Å². The van der Waals surface area contributed by atoms with Crippen LogP contribution in [0.2, 0.25) is 0 Å². The van der Waals surface area contributed by atoms with Crippen molar-refractivity contribution in [3.8, 4) is 0 Å². The van der Waals surface area contributed by atoms with E-state index in [0.717, 1.165) is 4.90 Å². The van der Waals surface area contributed by atoms with Gasteiger partial charge >= 0.3 is 18.1 Å². The molecule has 0 aromatic heterocycles. The van der Waals surface area contributed by atoms with Gasteiger partial charge in [0.15, 0.2) is 5.92 Å². The lowest BCUT2D eigenvalue weighted by molar-refractivity contribution is -0.200. The maximum atomic E-state index is 12.8. The minimum absolute atomic E-state index is 0.0726. The predicted octanol–water partition coefficient (Wildman–Crippen LogP) is 1.19. The molecule has 9 heteroatoms. The molecule has 1 aliphatic heterocycles. The zero-order valence-electron chi connectivity index (χ0n) is 11.4. The normalized spacial score (nSPS) is 20.2. The van der Waals surface area contributed by atoms with E-state index in [1.807, 2.05) is 0 Å². The van der Waals surface area contributed by atoms with Gasteiger partial charge in [-0.1, -0.05) is 0 Å². The third kappa shape index (κ3) is 4.33. The molecule has 6 nitrogen and oxygen atoms in total. The molecule has 21 heavy (non-hydrogen) atoms. The number of hydrogen-bond acceptors (Lipinski definition) is 4. The summed E-state index contributed by atoms with van der Waals surface area (Å²) in [6.45, 7) is 1.19. The van der Waals surface area contributed by atoms with Gasteiger partial charge in [0, 0.05) is 13.0 Å². The molecule has 1 rings (SSSR count). The van der Waals surface area contributed by atoms with Crippen molar-refractivity contribution in [2.45, 2.75) is 38.4 Å². The smallest absolute Gasteiger partial charge is 0.402 e. The highest BCUT2D eigenvalue weighted by atomic mass is 19.4. The van der Waals surface area contributed by atoms with Crippen LogP contribution in [-0.4, -0.2) is 53.2 Å². The highest BCUT2D eigenvalue weighted by Crippen LogP contribution is 2.31. The number of hydrogen-bond donors (Lipinski definition) is 1. The van der Waals surface area contributed by atoms with Gasteiger partial charge in [-0.25, -0.2) is 4.79 Å². The lowest BCUT2D eigenvalue weighted by atomic mass is 10.0. The Labute approximate surface area is 118 Å². The van der Waals surface area contributed by atoms with Crippen LogP contribution in [0.15, 0.2) is 0 Å². The Morgan fingerprint density at radius 2 is 2.00 bits per heavy atom. The standard InChI is InChI=1S/C12H16F3NO5/c1-2-21-11(20)7(12(13,14)15)6-9(17)16-5-3-4-8(16)10(18)19/h7-8H,2-6H2,1H3,(H,18,19)/t7?,8-/m0/s1. The number of amides is 1. The van der Waals surface area contributed by atoms with Crippen molar-refractivity contribution in [1.82, 2.24) is 4.90 Å². The first-order valence-corrected chi connectivity index (χ1v) is 6.44. The molecule has 2 atom stereocenters. The number of rotatable bonds is 5. The largest absolute Gasteiger partial charge is 0.480 e. The van der Waals surface area contributed by atoms with Crippen LogP contribution in [0.3, 0.4) is 0 Å². The summed E-state index contributed by atoms with van der Waals surface area (Å²) in [4.78, 5) is 35.0. The van der Waals surface area contributed by atoms with Crippen LogP contribution >= 0.6 is 0 Å². The molecule has 0 aromatic rings. The monoisotopic (exact) mass is 311 g/mol. The van der Waals surface area contributed by atoms with Crippen LogP contribution in [0.5, 0.6) is 0 Å². The molecule has 0 aliphatic carbocycles. The molecule has 1 heterocycles. The quantitative estimate of drug-likeness (QED) is 0.771. The number of halogens is 3. The van der Waals surface area contributed by atoms with Crippen molar-refractivity contribution >= 4 is 17.8 Å². The van der Waals surface area contributed by atoms with Gasteiger partial charge in [0.1, 0.15) is 6.04 Å².